The number of nitrogens with two attached hydrogens (primary N) is 1. The van der Waals surface area contributed by atoms with Crippen molar-refractivity contribution in [3.05, 3.63) is 29.3 Å². The molecular weight excluding hydrogens is 184 g/mol. The highest BCUT2D eigenvalue weighted by molar-refractivity contribution is 5.48. The molecule has 0 fully saturated rings. The summed E-state index contributed by atoms with van der Waals surface area (Å²) in [6.07, 6.45) is 1.13. The Kier molecular flexibility index (Phi) is 4.63. The first-order chi connectivity index (χ1) is 7.17. The van der Waals surface area contributed by atoms with Crippen LogP contribution in [-0.2, 0) is 0 Å². The second-order valence-electron chi connectivity index (χ2n) is 4.19. The first kappa shape index (κ1) is 12.1. The molecule has 1 aromatic carbocycles. The molecule has 84 valence electrons. The number of nitrogens with one attached hydrogen (secondary N) is 1. The molecule has 0 saturated heterocycles. The molecule has 0 aliphatic heterocycles. The molecule has 1 unspecified atom stereocenters. The van der Waals surface area contributed by atoms with Crippen molar-refractivity contribution >= 4 is 5.69 Å². The quantitative estimate of drug-likeness (QED) is 0.777. The highest BCUT2D eigenvalue weighted by atomic mass is 14.9. The van der Waals surface area contributed by atoms with Gasteiger partial charge in [0.05, 0.1) is 0 Å². The van der Waals surface area contributed by atoms with Gasteiger partial charge in [0, 0.05) is 12.2 Å². The molecular formula is C13H22N2. The van der Waals surface area contributed by atoms with Crippen molar-refractivity contribution in [2.45, 2.75) is 27.2 Å². The fourth-order valence-electron chi connectivity index (χ4n) is 1.51. The molecule has 0 aliphatic rings. The molecule has 2 heteroatoms. The van der Waals surface area contributed by atoms with E-state index < -0.39 is 0 Å². The summed E-state index contributed by atoms with van der Waals surface area (Å²) in [7, 11) is 0. The van der Waals surface area contributed by atoms with Gasteiger partial charge in [-0.3, -0.25) is 0 Å². The summed E-state index contributed by atoms with van der Waals surface area (Å²) >= 11 is 0. The number of rotatable bonds is 5. The van der Waals surface area contributed by atoms with E-state index in [9.17, 15) is 0 Å². The van der Waals surface area contributed by atoms with Gasteiger partial charge in [-0.15, -0.1) is 0 Å². The molecule has 0 aliphatic carbocycles. The van der Waals surface area contributed by atoms with E-state index in [2.05, 4.69) is 44.3 Å². The van der Waals surface area contributed by atoms with Crippen molar-refractivity contribution in [2.24, 2.45) is 11.7 Å². The maximum Gasteiger partial charge on any atom is 0.0343 e. The lowest BCUT2D eigenvalue weighted by molar-refractivity contribution is 0.548. The Balaban J connectivity index is 2.54. The first-order valence-electron chi connectivity index (χ1n) is 5.68. The van der Waals surface area contributed by atoms with E-state index in [0.29, 0.717) is 5.92 Å². The van der Waals surface area contributed by atoms with Crippen molar-refractivity contribution in [1.82, 2.24) is 0 Å². The van der Waals surface area contributed by atoms with E-state index in [0.717, 1.165) is 19.5 Å². The Labute approximate surface area is 92.9 Å². The minimum absolute atomic E-state index is 0.576. The van der Waals surface area contributed by atoms with Gasteiger partial charge in [0.25, 0.3) is 0 Å². The van der Waals surface area contributed by atoms with Gasteiger partial charge in [0.15, 0.2) is 0 Å². The Bertz CT molecular complexity index is 303. The summed E-state index contributed by atoms with van der Waals surface area (Å²) in [6.45, 7) is 8.18. The van der Waals surface area contributed by atoms with Crippen LogP contribution in [0.2, 0.25) is 0 Å². The maximum absolute atomic E-state index is 5.66. The van der Waals surface area contributed by atoms with Crippen LogP contribution in [0.1, 0.15) is 24.5 Å². The van der Waals surface area contributed by atoms with Crippen LogP contribution in [0, 0.1) is 19.8 Å². The lowest BCUT2D eigenvalue weighted by atomic mass is 10.1. The molecule has 1 atom stereocenters. The molecule has 15 heavy (non-hydrogen) atoms. The van der Waals surface area contributed by atoms with E-state index in [4.69, 9.17) is 5.73 Å². The largest absolute Gasteiger partial charge is 0.385 e. The van der Waals surface area contributed by atoms with Crippen LogP contribution in [0.4, 0.5) is 5.69 Å². The van der Waals surface area contributed by atoms with Crippen molar-refractivity contribution in [1.29, 1.82) is 0 Å². The second-order valence-corrected chi connectivity index (χ2v) is 4.19. The summed E-state index contributed by atoms with van der Waals surface area (Å²) in [4.78, 5) is 0. The van der Waals surface area contributed by atoms with Crippen molar-refractivity contribution in [2.75, 3.05) is 18.4 Å². The van der Waals surface area contributed by atoms with Gasteiger partial charge in [-0.2, -0.15) is 0 Å². The van der Waals surface area contributed by atoms with Gasteiger partial charge in [-0.25, -0.2) is 0 Å². The van der Waals surface area contributed by atoms with Crippen LogP contribution >= 0.6 is 0 Å². The van der Waals surface area contributed by atoms with Crippen molar-refractivity contribution in [3.8, 4) is 0 Å². The van der Waals surface area contributed by atoms with E-state index in [1.54, 1.807) is 0 Å². The van der Waals surface area contributed by atoms with E-state index >= 15 is 0 Å². The van der Waals surface area contributed by atoms with Gasteiger partial charge in [-0.05, 0) is 49.6 Å². The van der Waals surface area contributed by atoms with E-state index in [1.807, 2.05) is 0 Å². The standard InChI is InChI=1S/C13H22N2/c1-4-12(8-14)9-15-13-6-5-10(2)11(3)7-13/h5-7,12,15H,4,8-9,14H2,1-3H3. The van der Waals surface area contributed by atoms with Crippen LogP contribution in [0.15, 0.2) is 18.2 Å². The van der Waals surface area contributed by atoms with Crippen LogP contribution in [0.5, 0.6) is 0 Å². The predicted octanol–water partition coefficient (Wildman–Crippen LogP) is 2.70. The molecule has 0 spiro atoms. The smallest absolute Gasteiger partial charge is 0.0343 e. The fraction of sp³-hybridized carbons (Fsp3) is 0.538. The third-order valence-electron chi connectivity index (χ3n) is 3.01. The van der Waals surface area contributed by atoms with Crippen molar-refractivity contribution in [3.63, 3.8) is 0 Å². The minimum Gasteiger partial charge on any atom is -0.385 e. The molecule has 0 bridgehead atoms. The molecule has 1 rings (SSSR count). The SMILES string of the molecule is CCC(CN)CNc1ccc(C)c(C)c1. The predicted molar refractivity (Wildman–Crippen MR) is 67.2 cm³/mol. The number of hydrogen-bond acceptors (Lipinski definition) is 2. The van der Waals surface area contributed by atoms with Crippen LogP contribution < -0.4 is 11.1 Å². The molecule has 3 N–H and O–H groups in total. The summed E-state index contributed by atoms with van der Waals surface area (Å²) in [6, 6.07) is 6.48. The third kappa shape index (κ3) is 3.56. The van der Waals surface area contributed by atoms with Gasteiger partial charge in [0.1, 0.15) is 0 Å². The van der Waals surface area contributed by atoms with Gasteiger partial charge >= 0.3 is 0 Å². The molecule has 0 radical (unpaired) electrons. The second kappa shape index (κ2) is 5.76. The van der Waals surface area contributed by atoms with E-state index in [1.165, 1.54) is 16.8 Å². The molecule has 0 aromatic heterocycles. The average molecular weight is 206 g/mol. The number of anilines is 1. The molecule has 2 nitrogen and oxygen atoms in total. The molecule has 0 amide bonds. The Morgan fingerprint density at radius 1 is 1.27 bits per heavy atom. The monoisotopic (exact) mass is 206 g/mol. The lowest BCUT2D eigenvalue weighted by Gasteiger charge is -2.14. The molecule has 1 aromatic rings. The van der Waals surface area contributed by atoms with Crippen LogP contribution in [0.3, 0.4) is 0 Å². The minimum atomic E-state index is 0.576. The Morgan fingerprint density at radius 2 is 2.00 bits per heavy atom. The molecule has 0 saturated carbocycles. The first-order valence-corrected chi connectivity index (χ1v) is 5.68. The zero-order valence-corrected chi connectivity index (χ0v) is 10.0. The number of aryl methyl sites for hydroxylation is 2. The van der Waals surface area contributed by atoms with Gasteiger partial charge in [0.2, 0.25) is 0 Å². The molecule has 0 heterocycles. The van der Waals surface area contributed by atoms with Crippen LogP contribution in [0.25, 0.3) is 0 Å². The summed E-state index contributed by atoms with van der Waals surface area (Å²) in [5.41, 5.74) is 9.53. The highest BCUT2D eigenvalue weighted by Crippen LogP contribution is 2.14. The van der Waals surface area contributed by atoms with Gasteiger partial charge in [-0.1, -0.05) is 19.4 Å². The summed E-state index contributed by atoms with van der Waals surface area (Å²) in [5, 5.41) is 3.43. The van der Waals surface area contributed by atoms with E-state index in [-0.39, 0.29) is 0 Å². The topological polar surface area (TPSA) is 38.0 Å². The zero-order chi connectivity index (χ0) is 11.3. The zero-order valence-electron chi connectivity index (χ0n) is 10.0. The van der Waals surface area contributed by atoms with Crippen molar-refractivity contribution < 1.29 is 0 Å². The summed E-state index contributed by atoms with van der Waals surface area (Å²) < 4.78 is 0. The maximum atomic E-state index is 5.66. The number of benzene rings is 1. The third-order valence-corrected chi connectivity index (χ3v) is 3.01. The number of hydrogen-bond donors (Lipinski definition) is 2. The van der Waals surface area contributed by atoms with Gasteiger partial charge < -0.3 is 11.1 Å². The lowest BCUT2D eigenvalue weighted by Crippen LogP contribution is -2.22. The fourth-order valence-corrected chi connectivity index (χ4v) is 1.51. The van der Waals surface area contributed by atoms with Crippen LogP contribution in [-0.4, -0.2) is 13.1 Å². The Morgan fingerprint density at radius 3 is 2.53 bits per heavy atom. The highest BCUT2D eigenvalue weighted by Gasteiger charge is 2.03. The summed E-state index contributed by atoms with van der Waals surface area (Å²) in [5.74, 6) is 0.576. The average Bonchev–Trinajstić information content (AvgIpc) is 2.24. The normalized spacial score (nSPS) is 12.5. The Hall–Kier alpha value is -1.02.